The zero-order chi connectivity index (χ0) is 10.8. The van der Waals surface area contributed by atoms with Crippen molar-refractivity contribution in [1.82, 2.24) is 4.98 Å². The molecule has 0 saturated carbocycles. The van der Waals surface area contributed by atoms with Gasteiger partial charge in [0.05, 0.1) is 0 Å². The van der Waals surface area contributed by atoms with Gasteiger partial charge < -0.3 is 0 Å². The fraction of sp³-hybridized carbons (Fsp3) is 0.444. The molecule has 78 valence electrons. The summed E-state index contributed by atoms with van der Waals surface area (Å²) in [5, 5.41) is 0. The zero-order valence-corrected chi connectivity index (χ0v) is 7.53. The lowest BCUT2D eigenvalue weighted by molar-refractivity contribution is -0.143. The molecule has 0 fully saturated rings. The smallest absolute Gasteiger partial charge is 0.249 e. The van der Waals surface area contributed by atoms with Crippen molar-refractivity contribution < 1.29 is 17.6 Å². The molecule has 1 heterocycles. The van der Waals surface area contributed by atoms with E-state index >= 15 is 0 Å². The Morgan fingerprint density at radius 1 is 1.36 bits per heavy atom. The van der Waals surface area contributed by atoms with E-state index in [1.807, 2.05) is 6.92 Å². The first-order valence-corrected chi connectivity index (χ1v) is 4.16. The Labute approximate surface area is 78.8 Å². The predicted molar refractivity (Wildman–Crippen MR) is 43.2 cm³/mol. The lowest BCUT2D eigenvalue weighted by Gasteiger charge is -2.07. The summed E-state index contributed by atoms with van der Waals surface area (Å²) < 4.78 is 49.1. The Bertz CT molecular complexity index is 319. The third kappa shape index (κ3) is 2.43. The minimum atomic E-state index is -4.71. The van der Waals surface area contributed by atoms with E-state index in [0.717, 1.165) is 18.7 Å². The van der Waals surface area contributed by atoms with Crippen LogP contribution in [0.2, 0.25) is 0 Å². The predicted octanol–water partition coefficient (Wildman–Crippen LogP) is 3.19. The van der Waals surface area contributed by atoms with E-state index in [1.54, 1.807) is 0 Å². The van der Waals surface area contributed by atoms with E-state index in [-0.39, 0.29) is 0 Å². The molecule has 0 N–H and O–H groups in total. The molecule has 0 spiro atoms. The van der Waals surface area contributed by atoms with Crippen molar-refractivity contribution in [3.05, 3.63) is 29.3 Å². The van der Waals surface area contributed by atoms with Gasteiger partial charge in [-0.3, -0.25) is 0 Å². The molecular weight excluding hydrogens is 198 g/mol. The topological polar surface area (TPSA) is 12.9 Å². The van der Waals surface area contributed by atoms with Gasteiger partial charge in [-0.05, 0) is 18.1 Å². The first-order valence-electron chi connectivity index (χ1n) is 4.16. The maximum atomic E-state index is 12.9. The van der Waals surface area contributed by atoms with Gasteiger partial charge >= 0.3 is 6.18 Å². The number of pyridine rings is 1. The number of alkyl halides is 3. The van der Waals surface area contributed by atoms with Crippen molar-refractivity contribution in [2.24, 2.45) is 0 Å². The number of hydrogen-bond donors (Lipinski definition) is 0. The lowest BCUT2D eigenvalue weighted by atomic mass is 10.1. The molecule has 0 aliphatic heterocycles. The second-order valence-electron chi connectivity index (χ2n) is 2.92. The van der Waals surface area contributed by atoms with Gasteiger partial charge in [0.15, 0.2) is 11.5 Å². The van der Waals surface area contributed by atoms with E-state index in [1.165, 1.54) is 0 Å². The molecule has 5 heteroatoms. The molecule has 14 heavy (non-hydrogen) atoms. The summed E-state index contributed by atoms with van der Waals surface area (Å²) in [6, 6.07) is 0.888. The molecule has 0 bridgehead atoms. The van der Waals surface area contributed by atoms with Gasteiger partial charge in [0.1, 0.15) is 0 Å². The first-order chi connectivity index (χ1) is 6.45. The van der Waals surface area contributed by atoms with Crippen molar-refractivity contribution >= 4 is 0 Å². The molecule has 1 aromatic rings. The summed E-state index contributed by atoms with van der Waals surface area (Å²) in [4.78, 5) is 3.07. The van der Waals surface area contributed by atoms with Crippen molar-refractivity contribution in [2.75, 3.05) is 0 Å². The molecule has 0 amide bonds. The fourth-order valence-electron chi connectivity index (χ4n) is 1.11. The molecule has 0 saturated heterocycles. The van der Waals surface area contributed by atoms with Gasteiger partial charge in [0.2, 0.25) is 0 Å². The normalized spacial score (nSPS) is 11.8. The molecule has 1 rings (SSSR count). The van der Waals surface area contributed by atoms with Crippen molar-refractivity contribution in [3.63, 3.8) is 0 Å². The molecular formula is C9H9F4N. The summed E-state index contributed by atoms with van der Waals surface area (Å²) in [6.45, 7) is 1.86. The number of aromatic nitrogens is 1. The van der Waals surface area contributed by atoms with Crippen LogP contribution in [0.5, 0.6) is 0 Å². The monoisotopic (exact) mass is 207 g/mol. The van der Waals surface area contributed by atoms with E-state index in [4.69, 9.17) is 0 Å². The van der Waals surface area contributed by atoms with Crippen LogP contribution in [-0.4, -0.2) is 4.98 Å². The Hall–Kier alpha value is -1.13. The molecule has 0 atom stereocenters. The van der Waals surface area contributed by atoms with Crippen LogP contribution in [0, 0.1) is 5.82 Å². The molecule has 0 aliphatic rings. The van der Waals surface area contributed by atoms with Gasteiger partial charge in [-0.2, -0.15) is 13.2 Å². The Kier molecular flexibility index (Phi) is 3.08. The number of nitrogens with zero attached hydrogens (tertiary/aromatic N) is 1. The van der Waals surface area contributed by atoms with Gasteiger partial charge in [0, 0.05) is 6.20 Å². The maximum absolute atomic E-state index is 12.9. The molecule has 0 radical (unpaired) electrons. The summed E-state index contributed by atoms with van der Waals surface area (Å²) in [7, 11) is 0. The van der Waals surface area contributed by atoms with Crippen molar-refractivity contribution in [2.45, 2.75) is 25.9 Å². The highest BCUT2D eigenvalue weighted by atomic mass is 19.4. The third-order valence-corrected chi connectivity index (χ3v) is 1.70. The highest BCUT2D eigenvalue weighted by Crippen LogP contribution is 2.29. The van der Waals surface area contributed by atoms with Crippen LogP contribution in [0.4, 0.5) is 17.6 Å². The molecule has 1 nitrogen and oxygen atoms in total. The SMILES string of the molecule is CCCc1cnc(C(F)(F)F)c(F)c1. The fourth-order valence-corrected chi connectivity index (χ4v) is 1.11. The molecule has 1 aromatic heterocycles. The van der Waals surface area contributed by atoms with Gasteiger partial charge in [-0.1, -0.05) is 13.3 Å². The average molecular weight is 207 g/mol. The minimum Gasteiger partial charge on any atom is -0.249 e. The number of rotatable bonds is 2. The van der Waals surface area contributed by atoms with Gasteiger partial charge in [-0.25, -0.2) is 9.37 Å². The Morgan fingerprint density at radius 3 is 2.43 bits per heavy atom. The largest absolute Gasteiger partial charge is 0.436 e. The van der Waals surface area contributed by atoms with E-state index < -0.39 is 17.7 Å². The minimum absolute atomic E-state index is 0.484. The van der Waals surface area contributed by atoms with E-state index in [2.05, 4.69) is 4.98 Å². The highest BCUT2D eigenvalue weighted by molar-refractivity contribution is 5.18. The number of halogens is 4. The van der Waals surface area contributed by atoms with Crippen LogP contribution < -0.4 is 0 Å². The second-order valence-corrected chi connectivity index (χ2v) is 2.92. The van der Waals surface area contributed by atoms with E-state index in [9.17, 15) is 17.6 Å². The second kappa shape index (κ2) is 3.94. The lowest BCUT2D eigenvalue weighted by Crippen LogP contribution is -2.11. The van der Waals surface area contributed by atoms with Crippen molar-refractivity contribution in [1.29, 1.82) is 0 Å². The summed E-state index contributed by atoms with van der Waals surface area (Å²) in [5.41, 5.74) is -0.963. The average Bonchev–Trinajstić information content (AvgIpc) is 2.02. The van der Waals surface area contributed by atoms with E-state index in [0.29, 0.717) is 12.0 Å². The molecule has 0 unspecified atom stereocenters. The van der Waals surface area contributed by atoms with Crippen molar-refractivity contribution in [3.8, 4) is 0 Å². The third-order valence-electron chi connectivity index (χ3n) is 1.70. The summed E-state index contributed by atoms with van der Waals surface area (Å²) in [6.07, 6.45) is -2.38. The van der Waals surface area contributed by atoms with Crippen LogP contribution in [0.25, 0.3) is 0 Å². The van der Waals surface area contributed by atoms with Gasteiger partial charge in [0.25, 0.3) is 0 Å². The van der Waals surface area contributed by atoms with Gasteiger partial charge in [-0.15, -0.1) is 0 Å². The molecule has 0 aromatic carbocycles. The standard InChI is InChI=1S/C9H9F4N/c1-2-3-6-4-7(10)8(14-5-6)9(11,12)13/h4-5H,2-3H2,1H3. The first kappa shape index (κ1) is 10.9. The van der Waals surface area contributed by atoms with Crippen LogP contribution in [-0.2, 0) is 12.6 Å². The number of aryl methyl sites for hydroxylation is 1. The van der Waals surface area contributed by atoms with Crippen LogP contribution >= 0.6 is 0 Å². The maximum Gasteiger partial charge on any atom is 0.436 e. The Morgan fingerprint density at radius 2 is 2.00 bits per heavy atom. The summed E-state index contributed by atoms with van der Waals surface area (Å²) >= 11 is 0. The molecule has 0 aliphatic carbocycles. The summed E-state index contributed by atoms with van der Waals surface area (Å²) in [5.74, 6) is -1.30. The highest BCUT2D eigenvalue weighted by Gasteiger charge is 2.35. The van der Waals surface area contributed by atoms with Crippen LogP contribution in [0.15, 0.2) is 12.3 Å². The van der Waals surface area contributed by atoms with Crippen LogP contribution in [0.1, 0.15) is 24.6 Å². The number of hydrogen-bond acceptors (Lipinski definition) is 1. The Balaban J connectivity index is 3.02. The van der Waals surface area contributed by atoms with Crippen LogP contribution in [0.3, 0.4) is 0 Å². The quantitative estimate of drug-likeness (QED) is 0.678. The zero-order valence-electron chi connectivity index (χ0n) is 7.53.